The third-order valence-electron chi connectivity index (χ3n) is 3.17. The van der Waals surface area contributed by atoms with Gasteiger partial charge in [-0.15, -0.1) is 0 Å². The van der Waals surface area contributed by atoms with Crippen LogP contribution in [0.25, 0.3) is 11.0 Å². The molecule has 1 aromatic carbocycles. The monoisotopic (exact) mass is 255 g/mol. The van der Waals surface area contributed by atoms with Crippen LogP contribution in [0.2, 0.25) is 0 Å². The van der Waals surface area contributed by atoms with E-state index in [0.29, 0.717) is 17.5 Å². The second kappa shape index (κ2) is 4.28. The zero-order chi connectivity index (χ0) is 13.4. The molecule has 3 N–H and O–H groups in total. The predicted octanol–water partition coefficient (Wildman–Crippen LogP) is 1.44. The molecule has 0 aliphatic heterocycles. The van der Waals surface area contributed by atoms with E-state index in [1.807, 2.05) is 31.2 Å². The Hall–Kier alpha value is -2.56. The summed E-state index contributed by atoms with van der Waals surface area (Å²) in [6.07, 6.45) is 2.43. The molecule has 19 heavy (non-hydrogen) atoms. The van der Waals surface area contributed by atoms with Crippen molar-refractivity contribution >= 4 is 11.0 Å². The van der Waals surface area contributed by atoms with Crippen molar-refractivity contribution in [2.75, 3.05) is 0 Å². The molecule has 0 saturated heterocycles. The summed E-state index contributed by atoms with van der Waals surface area (Å²) < 4.78 is 0. The molecule has 3 aromatic rings. The van der Waals surface area contributed by atoms with E-state index in [2.05, 4.69) is 15.0 Å². The van der Waals surface area contributed by atoms with Crippen molar-refractivity contribution in [3.63, 3.8) is 0 Å². The molecule has 2 aromatic heterocycles. The Balaban J connectivity index is 2.08. The maximum atomic E-state index is 11.6. The molecule has 3 rings (SSSR count). The first kappa shape index (κ1) is 11.5. The van der Waals surface area contributed by atoms with Crippen LogP contribution in [-0.4, -0.2) is 15.0 Å². The Labute approximate surface area is 108 Å². The lowest BCUT2D eigenvalue weighted by atomic mass is 10.1. The van der Waals surface area contributed by atoms with Crippen LogP contribution in [0.5, 0.6) is 0 Å². The van der Waals surface area contributed by atoms with E-state index >= 15 is 0 Å². The van der Waals surface area contributed by atoms with E-state index < -0.39 is 11.2 Å². The number of aromatic amines is 3. The third kappa shape index (κ3) is 2.10. The molecule has 0 radical (unpaired) electrons. The number of aryl methyl sites for hydroxylation is 1. The van der Waals surface area contributed by atoms with E-state index in [0.717, 1.165) is 11.1 Å². The molecule has 96 valence electrons. The van der Waals surface area contributed by atoms with Gasteiger partial charge in [-0.05, 0) is 18.1 Å². The minimum Gasteiger partial charge on any atom is -0.355 e. The van der Waals surface area contributed by atoms with Gasteiger partial charge in [0.15, 0.2) is 0 Å². The summed E-state index contributed by atoms with van der Waals surface area (Å²) in [5, 5.41) is 0. The number of aromatic nitrogens is 3. The van der Waals surface area contributed by atoms with Crippen LogP contribution in [0, 0.1) is 6.92 Å². The summed E-state index contributed by atoms with van der Waals surface area (Å²) in [5.41, 5.74) is 3.34. The van der Waals surface area contributed by atoms with Crippen molar-refractivity contribution in [2.24, 2.45) is 0 Å². The molecule has 0 unspecified atom stereocenters. The van der Waals surface area contributed by atoms with Crippen LogP contribution in [0.15, 0.2) is 40.1 Å². The fourth-order valence-corrected chi connectivity index (χ4v) is 2.16. The van der Waals surface area contributed by atoms with Gasteiger partial charge in [-0.25, -0.2) is 4.79 Å². The summed E-state index contributed by atoms with van der Waals surface area (Å²) in [6, 6.07) is 8.17. The quantitative estimate of drug-likeness (QED) is 0.647. The van der Waals surface area contributed by atoms with Crippen molar-refractivity contribution in [1.82, 2.24) is 15.0 Å². The molecule has 0 spiro atoms. The Morgan fingerprint density at radius 3 is 2.47 bits per heavy atom. The number of hydrogen-bond donors (Lipinski definition) is 3. The van der Waals surface area contributed by atoms with Gasteiger partial charge in [0.2, 0.25) is 0 Å². The molecule has 0 saturated carbocycles. The van der Waals surface area contributed by atoms with Crippen molar-refractivity contribution in [3.05, 3.63) is 68.0 Å². The van der Waals surface area contributed by atoms with Gasteiger partial charge in [0.1, 0.15) is 5.52 Å². The average Bonchev–Trinajstić information content (AvgIpc) is 2.76. The highest BCUT2D eigenvalue weighted by atomic mass is 16.2. The third-order valence-corrected chi connectivity index (χ3v) is 3.17. The summed E-state index contributed by atoms with van der Waals surface area (Å²) >= 11 is 0. The molecular formula is C14H13N3O2. The minimum absolute atomic E-state index is 0.395. The van der Waals surface area contributed by atoms with E-state index in [9.17, 15) is 9.59 Å². The molecule has 0 aliphatic rings. The van der Waals surface area contributed by atoms with Crippen LogP contribution >= 0.6 is 0 Å². The highest BCUT2D eigenvalue weighted by Gasteiger charge is 2.08. The standard InChI is InChI=1S/C14H13N3O2/c1-8-2-4-9(5-3-8)6-10-7-15-12-11(10)16-14(19)17-13(12)18/h2-5,7,15H,6H2,1H3,(H2,16,17,18,19). The molecule has 0 bridgehead atoms. The summed E-state index contributed by atoms with van der Waals surface area (Å²) in [4.78, 5) is 30.7. The number of nitrogens with one attached hydrogen (secondary N) is 3. The van der Waals surface area contributed by atoms with Gasteiger partial charge in [0.05, 0.1) is 5.52 Å². The lowest BCUT2D eigenvalue weighted by Crippen LogP contribution is -2.21. The smallest absolute Gasteiger partial charge is 0.326 e. The molecule has 0 fully saturated rings. The molecule has 0 atom stereocenters. The summed E-state index contributed by atoms with van der Waals surface area (Å²) in [5.74, 6) is 0. The van der Waals surface area contributed by atoms with Gasteiger partial charge in [-0.2, -0.15) is 0 Å². The fourth-order valence-electron chi connectivity index (χ4n) is 2.16. The van der Waals surface area contributed by atoms with Gasteiger partial charge >= 0.3 is 5.69 Å². The molecule has 0 aliphatic carbocycles. The maximum absolute atomic E-state index is 11.6. The topological polar surface area (TPSA) is 81.5 Å². The Kier molecular flexibility index (Phi) is 2.59. The predicted molar refractivity (Wildman–Crippen MR) is 73.5 cm³/mol. The van der Waals surface area contributed by atoms with Gasteiger partial charge < -0.3 is 9.97 Å². The lowest BCUT2D eigenvalue weighted by molar-refractivity contribution is 1.07. The first-order chi connectivity index (χ1) is 9.13. The Morgan fingerprint density at radius 1 is 1.00 bits per heavy atom. The van der Waals surface area contributed by atoms with Crippen LogP contribution in [0.3, 0.4) is 0 Å². The van der Waals surface area contributed by atoms with Crippen molar-refractivity contribution in [1.29, 1.82) is 0 Å². The largest absolute Gasteiger partial charge is 0.355 e. The molecule has 5 heteroatoms. The van der Waals surface area contributed by atoms with Gasteiger partial charge in [-0.3, -0.25) is 9.78 Å². The highest BCUT2D eigenvalue weighted by Crippen LogP contribution is 2.16. The van der Waals surface area contributed by atoms with E-state index in [1.54, 1.807) is 6.20 Å². The molecule has 2 heterocycles. The Morgan fingerprint density at radius 2 is 1.74 bits per heavy atom. The lowest BCUT2D eigenvalue weighted by Gasteiger charge is -2.00. The van der Waals surface area contributed by atoms with Crippen molar-refractivity contribution in [2.45, 2.75) is 13.3 Å². The van der Waals surface area contributed by atoms with Crippen molar-refractivity contribution in [3.8, 4) is 0 Å². The number of H-pyrrole nitrogens is 3. The zero-order valence-electron chi connectivity index (χ0n) is 10.4. The number of hydrogen-bond acceptors (Lipinski definition) is 2. The summed E-state index contributed by atoms with van der Waals surface area (Å²) in [7, 11) is 0. The normalized spacial score (nSPS) is 11.0. The molecular weight excluding hydrogens is 242 g/mol. The summed E-state index contributed by atoms with van der Waals surface area (Å²) in [6.45, 7) is 2.03. The number of rotatable bonds is 2. The first-order valence-corrected chi connectivity index (χ1v) is 6.01. The van der Waals surface area contributed by atoms with Crippen molar-refractivity contribution < 1.29 is 0 Å². The van der Waals surface area contributed by atoms with E-state index in [1.165, 1.54) is 5.56 Å². The minimum atomic E-state index is -0.484. The molecule has 0 amide bonds. The average molecular weight is 255 g/mol. The van der Waals surface area contributed by atoms with Crippen LogP contribution < -0.4 is 11.2 Å². The van der Waals surface area contributed by atoms with Crippen LogP contribution in [0.4, 0.5) is 0 Å². The highest BCUT2D eigenvalue weighted by molar-refractivity contribution is 5.77. The second-order valence-electron chi connectivity index (χ2n) is 4.63. The first-order valence-electron chi connectivity index (χ1n) is 6.01. The van der Waals surface area contributed by atoms with Crippen LogP contribution in [0.1, 0.15) is 16.7 Å². The zero-order valence-corrected chi connectivity index (χ0v) is 10.4. The second-order valence-corrected chi connectivity index (χ2v) is 4.63. The maximum Gasteiger partial charge on any atom is 0.326 e. The van der Waals surface area contributed by atoms with E-state index in [-0.39, 0.29) is 0 Å². The number of fused-ring (bicyclic) bond motifs is 1. The fraction of sp³-hybridized carbons (Fsp3) is 0.143. The van der Waals surface area contributed by atoms with Gasteiger partial charge in [0.25, 0.3) is 5.56 Å². The van der Waals surface area contributed by atoms with Crippen LogP contribution in [-0.2, 0) is 6.42 Å². The van der Waals surface area contributed by atoms with Gasteiger partial charge in [-0.1, -0.05) is 29.8 Å². The van der Waals surface area contributed by atoms with Gasteiger partial charge in [0, 0.05) is 12.6 Å². The SMILES string of the molecule is Cc1ccc(Cc2c[nH]c3c(=O)[nH]c(=O)[nH]c23)cc1. The molecule has 5 nitrogen and oxygen atoms in total. The Bertz CT molecular complexity index is 837. The number of benzene rings is 1. The van der Waals surface area contributed by atoms with E-state index in [4.69, 9.17) is 0 Å².